The van der Waals surface area contributed by atoms with E-state index in [1.807, 2.05) is 26.8 Å². The molecule has 6 nitrogen and oxygen atoms in total. The van der Waals surface area contributed by atoms with Gasteiger partial charge in [0.1, 0.15) is 16.5 Å². The number of aromatic nitrogens is 6. The molecule has 0 bridgehead atoms. The smallest absolute Gasteiger partial charge is 0.228 e. The first-order valence-electron chi connectivity index (χ1n) is 5.90. The Hall–Kier alpha value is -1.73. The van der Waals surface area contributed by atoms with Crippen molar-refractivity contribution in [3.05, 3.63) is 34.5 Å². The summed E-state index contributed by atoms with van der Waals surface area (Å²) in [7, 11) is 0. The fraction of sp³-hybridized carbons (Fsp3) is 0.250. The third kappa shape index (κ3) is 2.34. The topological polar surface area (TPSA) is 68.9 Å². The summed E-state index contributed by atoms with van der Waals surface area (Å²) in [6, 6.07) is 1.93. The second-order valence-corrected chi connectivity index (χ2v) is 5.65. The summed E-state index contributed by atoms with van der Waals surface area (Å²) in [6.45, 7) is 5.77. The van der Waals surface area contributed by atoms with Crippen molar-refractivity contribution in [2.24, 2.45) is 0 Å². The quantitative estimate of drug-likeness (QED) is 0.535. The van der Waals surface area contributed by atoms with Crippen LogP contribution in [0.1, 0.15) is 17.0 Å². The molecule has 3 aromatic rings. The minimum atomic E-state index is 0.414. The van der Waals surface area contributed by atoms with Gasteiger partial charge in [-0.25, -0.2) is 9.97 Å². The molecule has 3 heterocycles. The predicted octanol–water partition coefficient (Wildman–Crippen LogP) is 2.64. The Labute approximate surface area is 124 Å². The molecule has 0 atom stereocenters. The molecule has 0 aliphatic rings. The van der Waals surface area contributed by atoms with Gasteiger partial charge in [-0.05, 0) is 38.6 Å². The number of aryl methyl sites for hydroxylation is 2. The molecule has 3 rings (SSSR count). The van der Waals surface area contributed by atoms with Crippen LogP contribution in [0.15, 0.2) is 22.6 Å². The maximum Gasteiger partial charge on any atom is 0.254 e. The van der Waals surface area contributed by atoms with E-state index in [0.29, 0.717) is 16.1 Å². The van der Waals surface area contributed by atoms with E-state index in [9.17, 15) is 0 Å². The van der Waals surface area contributed by atoms with Crippen LogP contribution < -0.4 is 0 Å². The van der Waals surface area contributed by atoms with Crippen molar-refractivity contribution in [2.45, 2.75) is 31.0 Å². The van der Waals surface area contributed by atoms with E-state index < -0.39 is 0 Å². The summed E-state index contributed by atoms with van der Waals surface area (Å²) in [5.41, 5.74) is 2.68. The molecule has 0 spiro atoms. The zero-order chi connectivity index (χ0) is 14.3. The van der Waals surface area contributed by atoms with Gasteiger partial charge in [-0.3, -0.25) is 0 Å². The van der Waals surface area contributed by atoms with Crippen LogP contribution in [0.3, 0.4) is 0 Å². The van der Waals surface area contributed by atoms with E-state index in [4.69, 9.17) is 11.6 Å². The molecule has 0 aromatic carbocycles. The molecule has 0 saturated carbocycles. The molecule has 102 valence electrons. The Balaban J connectivity index is 2.14. The van der Waals surface area contributed by atoms with Crippen molar-refractivity contribution in [2.75, 3.05) is 0 Å². The van der Waals surface area contributed by atoms with Crippen LogP contribution in [0.5, 0.6) is 0 Å². The first-order chi connectivity index (χ1) is 9.54. The summed E-state index contributed by atoms with van der Waals surface area (Å²) in [4.78, 5) is 17.1. The highest BCUT2D eigenvalue weighted by Crippen LogP contribution is 2.30. The van der Waals surface area contributed by atoms with Crippen molar-refractivity contribution in [1.82, 2.24) is 29.5 Å². The minimum Gasteiger partial charge on any atom is -0.228 e. The molecule has 0 amide bonds. The van der Waals surface area contributed by atoms with Gasteiger partial charge in [0.25, 0.3) is 5.78 Å². The van der Waals surface area contributed by atoms with Crippen LogP contribution in [0, 0.1) is 20.8 Å². The van der Waals surface area contributed by atoms with Crippen molar-refractivity contribution < 1.29 is 0 Å². The highest BCUT2D eigenvalue weighted by Gasteiger charge is 2.15. The third-order valence-corrected chi connectivity index (χ3v) is 4.11. The largest absolute Gasteiger partial charge is 0.254 e. The fourth-order valence-electron chi connectivity index (χ4n) is 1.82. The normalized spacial score (nSPS) is 11.2. The van der Waals surface area contributed by atoms with Gasteiger partial charge >= 0.3 is 0 Å². The van der Waals surface area contributed by atoms with Crippen LogP contribution in [0.25, 0.3) is 5.78 Å². The van der Waals surface area contributed by atoms with Gasteiger partial charge in [0.2, 0.25) is 0 Å². The number of hydrogen-bond acceptors (Lipinski definition) is 6. The van der Waals surface area contributed by atoms with Crippen LogP contribution in [-0.2, 0) is 0 Å². The maximum absolute atomic E-state index is 6.13. The average molecular weight is 307 g/mol. The third-order valence-electron chi connectivity index (χ3n) is 2.70. The van der Waals surface area contributed by atoms with Crippen LogP contribution in [0.2, 0.25) is 5.15 Å². The molecule has 0 unspecified atom stereocenters. The monoisotopic (exact) mass is 306 g/mol. The molecule has 0 radical (unpaired) electrons. The number of rotatable bonds is 2. The Morgan fingerprint density at radius 2 is 1.80 bits per heavy atom. The van der Waals surface area contributed by atoms with E-state index in [1.54, 1.807) is 4.52 Å². The molecule has 0 aliphatic heterocycles. The van der Waals surface area contributed by atoms with E-state index in [1.165, 1.54) is 18.1 Å². The number of hydrogen-bond donors (Lipinski definition) is 0. The summed E-state index contributed by atoms with van der Waals surface area (Å²) in [5, 5.41) is 6.06. The second kappa shape index (κ2) is 4.99. The molecule has 0 aliphatic carbocycles. The zero-order valence-electron chi connectivity index (χ0n) is 11.1. The highest BCUT2D eigenvalue weighted by atomic mass is 35.5. The van der Waals surface area contributed by atoms with Gasteiger partial charge in [0.05, 0.1) is 0 Å². The lowest BCUT2D eigenvalue weighted by Gasteiger charge is -2.08. The molecule has 3 aromatic heterocycles. The molecular weight excluding hydrogens is 296 g/mol. The Bertz CT molecular complexity index is 780. The van der Waals surface area contributed by atoms with E-state index in [2.05, 4.69) is 25.0 Å². The van der Waals surface area contributed by atoms with Crippen LogP contribution in [0.4, 0.5) is 0 Å². The average Bonchev–Trinajstić information content (AvgIpc) is 2.81. The van der Waals surface area contributed by atoms with Gasteiger partial charge < -0.3 is 0 Å². The Morgan fingerprint density at radius 1 is 1.10 bits per heavy atom. The molecule has 0 N–H and O–H groups in total. The maximum atomic E-state index is 6.13. The number of fused-ring (bicyclic) bond motifs is 1. The van der Waals surface area contributed by atoms with Crippen molar-refractivity contribution in [3.63, 3.8) is 0 Å². The highest BCUT2D eigenvalue weighted by molar-refractivity contribution is 7.99. The predicted molar refractivity (Wildman–Crippen MR) is 76.2 cm³/mol. The molecule has 0 saturated heterocycles. The molecule has 20 heavy (non-hydrogen) atoms. The molecule has 8 heteroatoms. The summed E-state index contributed by atoms with van der Waals surface area (Å²) in [5.74, 6) is 0.465. The molecular formula is C12H11ClN6S. The van der Waals surface area contributed by atoms with Gasteiger partial charge in [-0.2, -0.15) is 19.6 Å². The van der Waals surface area contributed by atoms with Crippen LogP contribution in [-0.4, -0.2) is 29.5 Å². The zero-order valence-corrected chi connectivity index (χ0v) is 12.7. The second-order valence-electron chi connectivity index (χ2n) is 4.34. The Morgan fingerprint density at radius 3 is 2.50 bits per heavy atom. The lowest BCUT2D eigenvalue weighted by Crippen LogP contribution is -2.01. The Kier molecular flexibility index (Phi) is 3.31. The minimum absolute atomic E-state index is 0.414. The van der Waals surface area contributed by atoms with Crippen molar-refractivity contribution >= 4 is 29.1 Å². The summed E-state index contributed by atoms with van der Waals surface area (Å²) in [6.07, 6.45) is 1.45. The van der Waals surface area contributed by atoms with Crippen molar-refractivity contribution in [1.29, 1.82) is 0 Å². The fourth-order valence-corrected chi connectivity index (χ4v) is 3.06. The first kappa shape index (κ1) is 13.3. The molecule has 0 fully saturated rings. The number of nitrogens with zero attached hydrogens (tertiary/aromatic N) is 6. The van der Waals surface area contributed by atoms with Gasteiger partial charge in [-0.1, -0.05) is 11.6 Å². The number of halogens is 1. The van der Waals surface area contributed by atoms with E-state index >= 15 is 0 Å². The van der Waals surface area contributed by atoms with Gasteiger partial charge in [-0.15, -0.1) is 0 Å². The standard InChI is InChI=1S/C12H11ClN6S/c1-6-4-7(2)17-12(16-6)20-10-8(3)9(13)18-11-14-5-15-19(10)11/h4-5H,1-3H3. The van der Waals surface area contributed by atoms with E-state index in [-0.39, 0.29) is 0 Å². The van der Waals surface area contributed by atoms with Gasteiger partial charge in [0.15, 0.2) is 5.16 Å². The summed E-state index contributed by atoms with van der Waals surface area (Å²) >= 11 is 7.54. The van der Waals surface area contributed by atoms with Crippen LogP contribution >= 0.6 is 23.4 Å². The lowest BCUT2D eigenvalue weighted by atomic mass is 10.4. The van der Waals surface area contributed by atoms with E-state index in [0.717, 1.165) is 22.0 Å². The first-order valence-corrected chi connectivity index (χ1v) is 7.10. The van der Waals surface area contributed by atoms with Gasteiger partial charge in [0, 0.05) is 17.0 Å². The summed E-state index contributed by atoms with van der Waals surface area (Å²) < 4.78 is 1.65. The SMILES string of the molecule is Cc1cc(C)nc(Sc2c(C)c(Cl)nc3ncnn23)n1. The lowest BCUT2D eigenvalue weighted by molar-refractivity contribution is 0.817. The van der Waals surface area contributed by atoms with Crippen molar-refractivity contribution in [3.8, 4) is 0 Å².